The van der Waals surface area contributed by atoms with E-state index in [1.165, 1.54) is 0 Å². The van der Waals surface area contributed by atoms with E-state index < -0.39 is 25.9 Å². The summed E-state index contributed by atoms with van der Waals surface area (Å²) in [7, 11) is -1.51. The first-order chi connectivity index (χ1) is 5.04. The zero-order valence-corrected chi connectivity index (χ0v) is 6.14. The Bertz CT molecular complexity index is 103. The van der Waals surface area contributed by atoms with E-state index >= 15 is 0 Å². The average Bonchev–Trinajstić information content (AvgIpc) is 2.00. The lowest BCUT2D eigenvalue weighted by atomic mass is 9.80. The maximum Gasteiger partial charge on any atom is 0.451 e. The van der Waals surface area contributed by atoms with Crippen LogP contribution in [0.4, 0.5) is 0 Å². The first-order valence-electron chi connectivity index (χ1n) is 3.34. The molecule has 0 fully saturated rings. The van der Waals surface area contributed by atoms with Crippen LogP contribution in [0.5, 0.6) is 0 Å². The van der Waals surface area contributed by atoms with Gasteiger partial charge in [0.1, 0.15) is 5.60 Å². The number of rotatable bonds is 5. The zero-order valence-electron chi connectivity index (χ0n) is 6.14. The van der Waals surface area contributed by atoms with E-state index in [1.54, 1.807) is 0 Å². The fourth-order valence-corrected chi connectivity index (χ4v) is 0.606. The summed E-state index contributed by atoms with van der Waals surface area (Å²) >= 11 is 0. The maximum absolute atomic E-state index is 9.16. The maximum atomic E-state index is 9.16. The van der Waals surface area contributed by atoms with Crippen molar-refractivity contribution in [3.63, 3.8) is 0 Å². The van der Waals surface area contributed by atoms with Gasteiger partial charge in [0.15, 0.2) is 0 Å². The molecule has 0 radical (unpaired) electrons. The third-order valence-electron chi connectivity index (χ3n) is 1.46. The highest BCUT2D eigenvalue weighted by molar-refractivity contribution is 6.40. The third kappa shape index (κ3) is 4.33. The number of aliphatic hydroxyl groups is 3. The van der Waals surface area contributed by atoms with Gasteiger partial charge in [-0.25, -0.2) is 0 Å². The smallest absolute Gasteiger partial charge is 0.427 e. The minimum atomic E-state index is -1.59. The fraction of sp³-hybridized carbons (Fsp3) is 1.00. The number of hydrogen-bond donors (Lipinski definition) is 5. The van der Waals surface area contributed by atoms with Crippen LogP contribution in [0.25, 0.3) is 0 Å². The molecule has 0 aliphatic rings. The average molecular weight is 164 g/mol. The van der Waals surface area contributed by atoms with Crippen LogP contribution in [0.1, 0.15) is 6.42 Å². The molecule has 0 aliphatic heterocycles. The van der Waals surface area contributed by atoms with Crippen LogP contribution in [0.15, 0.2) is 0 Å². The second-order valence-corrected chi connectivity index (χ2v) is 2.56. The highest BCUT2D eigenvalue weighted by atomic mass is 16.4. The standard InChI is InChI=1S/C5H13BO5/c7-3-5(9,4-8)1-2-6(10)11/h7-11H,1-4H2. The van der Waals surface area contributed by atoms with Crippen LogP contribution < -0.4 is 0 Å². The molecule has 0 aliphatic carbocycles. The number of hydrogen-bond acceptors (Lipinski definition) is 5. The molecular formula is C5H13BO5. The summed E-state index contributed by atoms with van der Waals surface area (Å²) in [5, 5.41) is 43.0. The van der Waals surface area contributed by atoms with Crippen LogP contribution in [-0.2, 0) is 0 Å². The molecule has 0 saturated heterocycles. The van der Waals surface area contributed by atoms with E-state index in [1.807, 2.05) is 0 Å². The van der Waals surface area contributed by atoms with Gasteiger partial charge in [-0.15, -0.1) is 0 Å². The molecule has 5 nitrogen and oxygen atoms in total. The molecule has 0 rings (SSSR count). The molecule has 0 spiro atoms. The molecule has 66 valence electrons. The van der Waals surface area contributed by atoms with Gasteiger partial charge in [0.2, 0.25) is 0 Å². The monoisotopic (exact) mass is 164 g/mol. The molecule has 0 bridgehead atoms. The van der Waals surface area contributed by atoms with E-state index in [4.69, 9.17) is 25.4 Å². The predicted octanol–water partition coefficient (Wildman–Crippen LogP) is -2.43. The Morgan fingerprint density at radius 3 is 1.82 bits per heavy atom. The summed E-state index contributed by atoms with van der Waals surface area (Å²) in [6, 6.07) is 0. The first-order valence-corrected chi connectivity index (χ1v) is 3.34. The van der Waals surface area contributed by atoms with E-state index in [9.17, 15) is 0 Å². The van der Waals surface area contributed by atoms with Crippen LogP contribution in [0, 0.1) is 0 Å². The van der Waals surface area contributed by atoms with Gasteiger partial charge in [-0.05, 0) is 12.7 Å². The Morgan fingerprint density at radius 2 is 1.55 bits per heavy atom. The predicted molar refractivity (Wildman–Crippen MR) is 38.7 cm³/mol. The van der Waals surface area contributed by atoms with Crippen molar-refractivity contribution in [1.82, 2.24) is 0 Å². The highest BCUT2D eigenvalue weighted by Crippen LogP contribution is 2.11. The van der Waals surface area contributed by atoms with E-state index in [2.05, 4.69) is 0 Å². The van der Waals surface area contributed by atoms with E-state index in [0.29, 0.717) is 0 Å². The van der Waals surface area contributed by atoms with Crippen molar-refractivity contribution in [2.75, 3.05) is 13.2 Å². The number of aliphatic hydroxyl groups excluding tert-OH is 2. The molecule has 0 aromatic carbocycles. The Hall–Kier alpha value is -0.135. The summed E-state index contributed by atoms with van der Waals surface area (Å²) in [6.45, 7) is -1.17. The molecule has 5 N–H and O–H groups in total. The lowest BCUT2D eigenvalue weighted by Crippen LogP contribution is -2.38. The molecule has 0 amide bonds. The highest BCUT2D eigenvalue weighted by Gasteiger charge is 2.26. The topological polar surface area (TPSA) is 101 Å². The van der Waals surface area contributed by atoms with Crippen LogP contribution >= 0.6 is 0 Å². The quantitative estimate of drug-likeness (QED) is 0.291. The van der Waals surface area contributed by atoms with Crippen LogP contribution in [0.3, 0.4) is 0 Å². The van der Waals surface area contributed by atoms with Gasteiger partial charge in [0, 0.05) is 0 Å². The van der Waals surface area contributed by atoms with Crippen molar-refractivity contribution < 1.29 is 25.4 Å². The van der Waals surface area contributed by atoms with Crippen molar-refractivity contribution in [3.8, 4) is 0 Å². The fourth-order valence-electron chi connectivity index (χ4n) is 0.606. The van der Waals surface area contributed by atoms with Crippen molar-refractivity contribution >= 4 is 7.12 Å². The van der Waals surface area contributed by atoms with Gasteiger partial charge in [0.25, 0.3) is 0 Å². The summed E-state index contributed by atoms with van der Waals surface area (Å²) in [5.41, 5.74) is -1.59. The molecule has 0 aromatic heterocycles. The molecule has 0 unspecified atom stereocenters. The van der Waals surface area contributed by atoms with Gasteiger partial charge in [-0.3, -0.25) is 0 Å². The Kier molecular flexibility index (Phi) is 4.63. The van der Waals surface area contributed by atoms with Gasteiger partial charge in [0.05, 0.1) is 13.2 Å². The second-order valence-electron chi connectivity index (χ2n) is 2.56. The van der Waals surface area contributed by atoms with Crippen molar-refractivity contribution in [2.24, 2.45) is 0 Å². The zero-order chi connectivity index (χ0) is 8.91. The molecule has 0 atom stereocenters. The third-order valence-corrected chi connectivity index (χ3v) is 1.46. The molecule has 0 heterocycles. The Morgan fingerprint density at radius 1 is 1.09 bits per heavy atom. The van der Waals surface area contributed by atoms with Crippen LogP contribution in [0.2, 0.25) is 6.32 Å². The van der Waals surface area contributed by atoms with Crippen molar-refractivity contribution in [2.45, 2.75) is 18.3 Å². The normalized spacial score (nSPS) is 11.7. The van der Waals surface area contributed by atoms with Gasteiger partial charge >= 0.3 is 7.12 Å². The molecule has 0 saturated carbocycles. The Labute approximate surface area is 65.1 Å². The lowest BCUT2D eigenvalue weighted by Gasteiger charge is -2.22. The minimum Gasteiger partial charge on any atom is -0.427 e. The van der Waals surface area contributed by atoms with Crippen LogP contribution in [-0.4, -0.2) is 51.3 Å². The SMILES string of the molecule is OCC(O)(CO)CCB(O)O. The van der Waals surface area contributed by atoms with Crippen molar-refractivity contribution in [1.29, 1.82) is 0 Å². The second kappa shape index (κ2) is 4.68. The molecule has 6 heteroatoms. The Balaban J connectivity index is 3.69. The molecular weight excluding hydrogens is 151 g/mol. The van der Waals surface area contributed by atoms with E-state index in [0.717, 1.165) is 0 Å². The van der Waals surface area contributed by atoms with Gasteiger partial charge in [-0.2, -0.15) is 0 Å². The molecule has 11 heavy (non-hydrogen) atoms. The minimum absolute atomic E-state index is 0.0440. The summed E-state index contributed by atoms with van der Waals surface area (Å²) in [6.07, 6.45) is -0.116. The summed E-state index contributed by atoms with van der Waals surface area (Å²) in [4.78, 5) is 0. The van der Waals surface area contributed by atoms with Gasteiger partial charge < -0.3 is 25.4 Å². The van der Waals surface area contributed by atoms with Crippen molar-refractivity contribution in [3.05, 3.63) is 0 Å². The lowest BCUT2D eigenvalue weighted by molar-refractivity contribution is -0.0576. The summed E-state index contributed by atoms with van der Waals surface area (Å²) in [5.74, 6) is 0. The molecule has 0 aromatic rings. The summed E-state index contributed by atoms with van der Waals surface area (Å²) < 4.78 is 0. The largest absolute Gasteiger partial charge is 0.451 e. The van der Waals surface area contributed by atoms with E-state index in [-0.39, 0.29) is 12.7 Å². The van der Waals surface area contributed by atoms with Gasteiger partial charge in [-0.1, -0.05) is 0 Å². The first kappa shape index (κ1) is 10.9.